The molecule has 28 heavy (non-hydrogen) atoms. The van der Waals surface area contributed by atoms with Crippen molar-refractivity contribution >= 4 is 22.7 Å². The molecule has 9 nitrogen and oxygen atoms in total. The minimum atomic E-state index is -0.492. The zero-order chi connectivity index (χ0) is 20.1. The largest absolute Gasteiger partial charge is 0.364 e. The molecule has 1 aromatic carbocycles. The van der Waals surface area contributed by atoms with Crippen LogP contribution in [0, 0.1) is 0 Å². The van der Waals surface area contributed by atoms with Gasteiger partial charge in [0.25, 0.3) is 11.5 Å². The molecular formula is C19H26N5O4+. The van der Waals surface area contributed by atoms with Crippen molar-refractivity contribution in [1.82, 2.24) is 20.4 Å². The van der Waals surface area contributed by atoms with E-state index in [0.717, 1.165) is 13.1 Å². The number of rotatable bonds is 5. The molecule has 2 amide bonds. The molecule has 3 atom stereocenters. The molecule has 0 spiro atoms. The second-order valence-corrected chi connectivity index (χ2v) is 7.21. The number of fused-ring (bicyclic) bond motifs is 1. The normalized spacial score (nSPS) is 22.0. The Morgan fingerprint density at radius 1 is 1.18 bits per heavy atom. The maximum absolute atomic E-state index is 12.4. The molecule has 3 rings (SSSR count). The van der Waals surface area contributed by atoms with Crippen molar-refractivity contribution in [2.75, 3.05) is 19.6 Å². The number of hydrazine groups is 1. The maximum atomic E-state index is 12.4. The van der Waals surface area contributed by atoms with Gasteiger partial charge in [-0.15, -0.1) is 0 Å². The summed E-state index contributed by atoms with van der Waals surface area (Å²) >= 11 is 0. The molecule has 0 radical (unpaired) electrons. The summed E-state index contributed by atoms with van der Waals surface area (Å²) in [4.78, 5) is 41.9. The third-order valence-electron chi connectivity index (χ3n) is 4.71. The molecule has 0 bridgehead atoms. The van der Waals surface area contributed by atoms with Gasteiger partial charge in [0.05, 0.1) is 30.2 Å². The van der Waals surface area contributed by atoms with Gasteiger partial charge in [-0.2, -0.15) is 0 Å². The van der Waals surface area contributed by atoms with Crippen molar-refractivity contribution in [3.05, 3.63) is 40.9 Å². The Kier molecular flexibility index (Phi) is 6.37. The molecule has 3 N–H and O–H groups in total. The van der Waals surface area contributed by atoms with E-state index in [4.69, 9.17) is 4.74 Å². The first-order valence-corrected chi connectivity index (χ1v) is 9.43. The van der Waals surface area contributed by atoms with Crippen molar-refractivity contribution in [2.45, 2.75) is 39.0 Å². The van der Waals surface area contributed by atoms with Gasteiger partial charge in [0.2, 0.25) is 5.91 Å². The molecule has 0 saturated carbocycles. The highest BCUT2D eigenvalue weighted by atomic mass is 16.5. The highest BCUT2D eigenvalue weighted by Gasteiger charge is 2.25. The highest BCUT2D eigenvalue weighted by molar-refractivity contribution is 5.82. The minimum Gasteiger partial charge on any atom is -0.364 e. The van der Waals surface area contributed by atoms with E-state index in [1.807, 2.05) is 13.8 Å². The number of nitrogens with zero attached hydrogens (tertiary/aromatic N) is 2. The van der Waals surface area contributed by atoms with Crippen LogP contribution in [0.2, 0.25) is 0 Å². The molecule has 1 aliphatic heterocycles. The number of hydrogen-bond donors (Lipinski definition) is 3. The van der Waals surface area contributed by atoms with Crippen molar-refractivity contribution in [1.29, 1.82) is 0 Å². The summed E-state index contributed by atoms with van der Waals surface area (Å²) in [5.41, 5.74) is 5.03. The minimum absolute atomic E-state index is 0.176. The van der Waals surface area contributed by atoms with Gasteiger partial charge in [-0.25, -0.2) is 4.98 Å². The Balaban J connectivity index is 1.46. The molecule has 150 valence electrons. The fourth-order valence-corrected chi connectivity index (χ4v) is 3.50. The number of benzene rings is 1. The van der Waals surface area contributed by atoms with Crippen molar-refractivity contribution in [2.24, 2.45) is 0 Å². The summed E-state index contributed by atoms with van der Waals surface area (Å²) in [6.45, 7) is 6.23. The van der Waals surface area contributed by atoms with Crippen LogP contribution in [0.5, 0.6) is 0 Å². The number of carbonyl (C=O) groups excluding carboxylic acids is 2. The summed E-state index contributed by atoms with van der Waals surface area (Å²) < 4.78 is 6.90. The SMILES string of the molecule is C[C@@H]1C[NH+](CCC(=O)NNC(=O)Cn2cnc3ccccc3c2=O)C[C@H](C)O1. The average molecular weight is 388 g/mol. The monoisotopic (exact) mass is 388 g/mol. The molecule has 2 aromatic rings. The van der Waals surface area contributed by atoms with Crippen molar-refractivity contribution < 1.29 is 19.2 Å². The summed E-state index contributed by atoms with van der Waals surface area (Å²) in [6, 6.07) is 6.94. The molecule has 1 aromatic heterocycles. The van der Waals surface area contributed by atoms with Gasteiger partial charge >= 0.3 is 0 Å². The number of quaternary nitrogens is 1. The van der Waals surface area contributed by atoms with Crippen LogP contribution in [0.15, 0.2) is 35.4 Å². The zero-order valence-corrected chi connectivity index (χ0v) is 16.1. The lowest BCUT2D eigenvalue weighted by molar-refractivity contribution is -0.914. The molecular weight excluding hydrogens is 362 g/mol. The van der Waals surface area contributed by atoms with Crippen LogP contribution in [0.1, 0.15) is 20.3 Å². The Morgan fingerprint density at radius 3 is 2.61 bits per heavy atom. The molecule has 0 aliphatic carbocycles. The molecule has 2 heterocycles. The van der Waals surface area contributed by atoms with Crippen LogP contribution in [0.25, 0.3) is 10.9 Å². The average Bonchev–Trinajstić information content (AvgIpc) is 2.66. The second-order valence-electron chi connectivity index (χ2n) is 7.21. The number of carbonyl (C=O) groups is 2. The van der Waals surface area contributed by atoms with E-state index in [1.54, 1.807) is 24.3 Å². The van der Waals surface area contributed by atoms with E-state index in [2.05, 4.69) is 15.8 Å². The van der Waals surface area contributed by atoms with Crippen LogP contribution >= 0.6 is 0 Å². The fourth-order valence-electron chi connectivity index (χ4n) is 3.50. The van der Waals surface area contributed by atoms with Crippen molar-refractivity contribution in [3.63, 3.8) is 0 Å². The Hall–Kier alpha value is -2.78. The van der Waals surface area contributed by atoms with Gasteiger partial charge in [-0.3, -0.25) is 29.8 Å². The van der Waals surface area contributed by atoms with Crippen LogP contribution < -0.4 is 21.3 Å². The molecule has 1 saturated heterocycles. The summed E-state index contributed by atoms with van der Waals surface area (Å²) in [6.07, 6.45) is 1.98. The van der Waals surface area contributed by atoms with Crippen LogP contribution in [0.3, 0.4) is 0 Å². The lowest BCUT2D eigenvalue weighted by Crippen LogP contribution is -3.15. The van der Waals surface area contributed by atoms with Gasteiger partial charge < -0.3 is 9.64 Å². The first-order chi connectivity index (χ1) is 13.4. The lowest BCUT2D eigenvalue weighted by atomic mass is 10.2. The highest BCUT2D eigenvalue weighted by Crippen LogP contribution is 2.04. The van der Waals surface area contributed by atoms with E-state index in [9.17, 15) is 14.4 Å². The van der Waals surface area contributed by atoms with Crippen LogP contribution in [0.4, 0.5) is 0 Å². The van der Waals surface area contributed by atoms with E-state index in [1.165, 1.54) is 15.8 Å². The predicted molar refractivity (Wildman–Crippen MR) is 102 cm³/mol. The molecule has 1 unspecified atom stereocenters. The number of nitrogens with one attached hydrogen (secondary N) is 3. The lowest BCUT2D eigenvalue weighted by Gasteiger charge is -2.32. The number of amides is 2. The van der Waals surface area contributed by atoms with E-state index >= 15 is 0 Å². The fraction of sp³-hybridized carbons (Fsp3) is 0.474. The van der Waals surface area contributed by atoms with Gasteiger partial charge in [-0.05, 0) is 26.0 Å². The first-order valence-electron chi connectivity index (χ1n) is 9.43. The predicted octanol–water partition coefficient (Wildman–Crippen LogP) is -1.37. The van der Waals surface area contributed by atoms with Crippen LogP contribution in [-0.2, 0) is 20.9 Å². The number of morpholine rings is 1. The number of ether oxygens (including phenoxy) is 1. The topological polar surface area (TPSA) is 107 Å². The quantitative estimate of drug-likeness (QED) is 0.548. The molecule has 1 fully saturated rings. The smallest absolute Gasteiger partial charge is 0.261 e. The number of aromatic nitrogens is 2. The van der Waals surface area contributed by atoms with E-state index < -0.39 is 5.91 Å². The maximum Gasteiger partial charge on any atom is 0.261 e. The van der Waals surface area contributed by atoms with Gasteiger partial charge in [0, 0.05) is 0 Å². The summed E-state index contributed by atoms with van der Waals surface area (Å²) in [5, 5.41) is 0.443. The van der Waals surface area contributed by atoms with E-state index in [-0.39, 0.29) is 30.2 Å². The first kappa shape index (κ1) is 20.0. The standard InChI is InChI=1S/C19H25N5O4/c1-13-9-23(10-14(2)28-13)8-7-17(25)21-22-18(26)11-24-12-20-16-6-4-3-5-15(16)19(24)27/h3-6,12-14H,7-11H2,1-2H3,(H,21,25)(H,22,26)/p+1/t13-,14+. The summed E-state index contributed by atoms with van der Waals surface area (Å²) in [7, 11) is 0. The molecule has 9 heteroatoms. The van der Waals surface area contributed by atoms with Crippen molar-refractivity contribution in [3.8, 4) is 0 Å². The summed E-state index contributed by atoms with van der Waals surface area (Å²) in [5.74, 6) is -0.759. The Morgan fingerprint density at radius 2 is 1.86 bits per heavy atom. The van der Waals surface area contributed by atoms with Gasteiger partial charge in [0.1, 0.15) is 31.8 Å². The number of hydrogen-bond acceptors (Lipinski definition) is 5. The van der Waals surface area contributed by atoms with Crippen LogP contribution in [-0.4, -0.2) is 53.2 Å². The zero-order valence-electron chi connectivity index (χ0n) is 16.1. The van der Waals surface area contributed by atoms with Gasteiger partial charge in [0.15, 0.2) is 0 Å². The number of para-hydroxylation sites is 1. The van der Waals surface area contributed by atoms with E-state index in [0.29, 0.717) is 23.9 Å². The van der Waals surface area contributed by atoms with Gasteiger partial charge in [-0.1, -0.05) is 12.1 Å². The third-order valence-corrected chi connectivity index (χ3v) is 4.71. The molecule has 1 aliphatic rings. The Labute approximate surface area is 162 Å². The Bertz CT molecular complexity index is 903. The third kappa shape index (κ3) is 5.14. The second kappa shape index (κ2) is 8.94.